The van der Waals surface area contributed by atoms with E-state index in [0.717, 1.165) is 11.6 Å². The van der Waals surface area contributed by atoms with Gasteiger partial charge in [-0.15, -0.1) is 0 Å². The van der Waals surface area contributed by atoms with Crippen LogP contribution in [0.2, 0.25) is 5.02 Å². The predicted molar refractivity (Wildman–Crippen MR) is 114 cm³/mol. The normalized spacial score (nSPS) is 14.7. The van der Waals surface area contributed by atoms with Gasteiger partial charge in [0.15, 0.2) is 6.61 Å². The summed E-state index contributed by atoms with van der Waals surface area (Å²) in [6.45, 7) is 0.719. The fraction of sp³-hybridized carbons (Fsp3) is 0.333. The Labute approximate surface area is 190 Å². The highest BCUT2D eigenvalue weighted by molar-refractivity contribution is 7.89. The summed E-state index contributed by atoms with van der Waals surface area (Å²) in [5, 5.41) is 2.60. The van der Waals surface area contributed by atoms with Crippen molar-refractivity contribution in [2.75, 3.05) is 39.5 Å². The van der Waals surface area contributed by atoms with Crippen molar-refractivity contribution in [3.05, 3.63) is 64.4 Å². The second-order valence-electron chi connectivity index (χ2n) is 6.96. The molecule has 1 aliphatic heterocycles. The average molecular weight is 485 g/mol. The first-order valence-corrected chi connectivity index (χ1v) is 11.6. The van der Waals surface area contributed by atoms with Crippen LogP contribution in [0.4, 0.5) is 4.39 Å². The van der Waals surface area contributed by atoms with Crippen LogP contribution in [0.15, 0.2) is 47.4 Å². The van der Waals surface area contributed by atoms with Gasteiger partial charge >= 0.3 is 5.97 Å². The van der Waals surface area contributed by atoms with Crippen molar-refractivity contribution in [2.45, 2.75) is 11.3 Å². The summed E-state index contributed by atoms with van der Waals surface area (Å²) in [7, 11) is -3.82. The average Bonchev–Trinajstić information content (AvgIpc) is 2.79. The maximum atomic E-state index is 12.9. The fourth-order valence-corrected chi connectivity index (χ4v) is 4.64. The molecule has 1 N–H and O–H groups in total. The number of nitrogens with one attached hydrogen (secondary N) is 1. The molecule has 0 saturated carbocycles. The lowest BCUT2D eigenvalue weighted by atomic mass is 10.1. The molecule has 2 aromatic carbocycles. The standard InChI is InChI=1S/C21H22ClFN2O6S/c22-19-6-5-17(32(28,29)25-9-11-30-12-10-25)13-18(19)21(27)31-14-20(26)24-8-7-15-1-3-16(23)4-2-15/h1-6,13H,7-12,14H2,(H,24,26). The summed E-state index contributed by atoms with van der Waals surface area (Å²) in [4.78, 5) is 24.2. The number of halogens is 2. The number of amides is 1. The van der Waals surface area contributed by atoms with E-state index in [0.29, 0.717) is 6.42 Å². The number of hydrogen-bond acceptors (Lipinski definition) is 6. The third kappa shape index (κ3) is 6.26. The van der Waals surface area contributed by atoms with E-state index >= 15 is 0 Å². The molecule has 0 unspecified atom stereocenters. The minimum atomic E-state index is -3.82. The van der Waals surface area contributed by atoms with Gasteiger partial charge < -0.3 is 14.8 Å². The van der Waals surface area contributed by atoms with Crippen molar-refractivity contribution in [2.24, 2.45) is 0 Å². The smallest absolute Gasteiger partial charge is 0.340 e. The van der Waals surface area contributed by atoms with Gasteiger partial charge in [-0.25, -0.2) is 17.6 Å². The molecule has 1 heterocycles. The van der Waals surface area contributed by atoms with Crippen LogP contribution in [0.5, 0.6) is 0 Å². The minimum absolute atomic E-state index is 0.00708. The topological polar surface area (TPSA) is 102 Å². The number of esters is 1. The minimum Gasteiger partial charge on any atom is -0.452 e. The molecule has 11 heteroatoms. The van der Waals surface area contributed by atoms with Crippen molar-refractivity contribution in [3.8, 4) is 0 Å². The van der Waals surface area contributed by atoms with E-state index in [1.807, 2.05) is 0 Å². The number of hydrogen-bond donors (Lipinski definition) is 1. The van der Waals surface area contributed by atoms with Gasteiger partial charge in [-0.05, 0) is 42.3 Å². The first kappa shape index (κ1) is 24.1. The Morgan fingerprint density at radius 3 is 2.50 bits per heavy atom. The number of rotatable bonds is 8. The van der Waals surface area contributed by atoms with Gasteiger partial charge in [-0.1, -0.05) is 23.7 Å². The number of sulfonamides is 1. The number of morpholine rings is 1. The molecule has 32 heavy (non-hydrogen) atoms. The molecular formula is C21H22ClFN2O6S. The Hall–Kier alpha value is -2.53. The van der Waals surface area contributed by atoms with Crippen LogP contribution >= 0.6 is 11.6 Å². The van der Waals surface area contributed by atoms with Crippen molar-refractivity contribution >= 4 is 33.5 Å². The van der Waals surface area contributed by atoms with Crippen molar-refractivity contribution in [1.82, 2.24) is 9.62 Å². The van der Waals surface area contributed by atoms with Gasteiger partial charge in [0.25, 0.3) is 5.91 Å². The molecule has 1 amide bonds. The summed E-state index contributed by atoms with van der Waals surface area (Å²) >= 11 is 6.05. The number of ether oxygens (including phenoxy) is 2. The molecule has 1 saturated heterocycles. The first-order chi connectivity index (χ1) is 15.3. The molecule has 2 aromatic rings. The summed E-state index contributed by atoms with van der Waals surface area (Å²) in [6.07, 6.45) is 0.479. The third-order valence-corrected chi connectivity index (χ3v) is 6.97. The summed E-state index contributed by atoms with van der Waals surface area (Å²) in [6, 6.07) is 9.64. The van der Waals surface area contributed by atoms with Gasteiger partial charge in [0, 0.05) is 19.6 Å². The van der Waals surface area contributed by atoms with E-state index in [1.165, 1.54) is 28.6 Å². The van der Waals surface area contributed by atoms with E-state index in [2.05, 4.69) is 5.32 Å². The molecule has 0 radical (unpaired) electrons. The predicted octanol–water partition coefficient (Wildman–Crippen LogP) is 2.02. The highest BCUT2D eigenvalue weighted by Gasteiger charge is 2.28. The summed E-state index contributed by atoms with van der Waals surface area (Å²) in [5.41, 5.74) is 0.689. The first-order valence-electron chi connectivity index (χ1n) is 9.83. The molecule has 1 aliphatic rings. The van der Waals surface area contributed by atoms with Crippen LogP contribution in [0.1, 0.15) is 15.9 Å². The zero-order chi connectivity index (χ0) is 23.1. The maximum absolute atomic E-state index is 12.9. The van der Waals surface area contributed by atoms with Crippen LogP contribution in [-0.4, -0.2) is 64.1 Å². The van der Waals surface area contributed by atoms with E-state index in [4.69, 9.17) is 21.1 Å². The molecule has 0 atom stereocenters. The van der Waals surface area contributed by atoms with Crippen LogP contribution in [0.25, 0.3) is 0 Å². The number of carbonyl (C=O) groups excluding carboxylic acids is 2. The van der Waals surface area contributed by atoms with Gasteiger partial charge in [-0.3, -0.25) is 4.79 Å². The van der Waals surface area contributed by atoms with Gasteiger partial charge in [0.2, 0.25) is 10.0 Å². The Balaban J connectivity index is 1.55. The van der Waals surface area contributed by atoms with E-state index in [1.54, 1.807) is 12.1 Å². The highest BCUT2D eigenvalue weighted by atomic mass is 35.5. The SMILES string of the molecule is O=C(COC(=O)c1cc(S(=O)(=O)N2CCOCC2)ccc1Cl)NCCc1ccc(F)cc1. The molecule has 0 bridgehead atoms. The molecule has 172 valence electrons. The van der Waals surface area contributed by atoms with Crippen LogP contribution in [-0.2, 0) is 30.7 Å². The molecule has 8 nitrogen and oxygen atoms in total. The van der Waals surface area contributed by atoms with Crippen molar-refractivity contribution in [1.29, 1.82) is 0 Å². The zero-order valence-electron chi connectivity index (χ0n) is 17.1. The number of carbonyl (C=O) groups is 2. The Kier molecular flexibility index (Phi) is 8.19. The second-order valence-corrected chi connectivity index (χ2v) is 9.31. The van der Waals surface area contributed by atoms with Crippen LogP contribution in [0, 0.1) is 5.82 Å². The molecule has 0 aromatic heterocycles. The largest absolute Gasteiger partial charge is 0.452 e. The Bertz CT molecular complexity index is 1070. The molecule has 0 spiro atoms. The Morgan fingerprint density at radius 2 is 1.81 bits per heavy atom. The number of nitrogens with zero attached hydrogens (tertiary/aromatic N) is 1. The van der Waals surface area contributed by atoms with Crippen LogP contribution < -0.4 is 5.32 Å². The zero-order valence-corrected chi connectivity index (χ0v) is 18.6. The highest BCUT2D eigenvalue weighted by Crippen LogP contribution is 2.24. The van der Waals surface area contributed by atoms with E-state index in [9.17, 15) is 22.4 Å². The van der Waals surface area contributed by atoms with Crippen LogP contribution in [0.3, 0.4) is 0 Å². The summed E-state index contributed by atoms with van der Waals surface area (Å²) < 4.78 is 49.9. The molecule has 3 rings (SSSR count). The Morgan fingerprint density at radius 1 is 1.12 bits per heavy atom. The lowest BCUT2D eigenvalue weighted by Crippen LogP contribution is -2.40. The van der Waals surface area contributed by atoms with Crippen molar-refractivity contribution in [3.63, 3.8) is 0 Å². The molecule has 0 aliphatic carbocycles. The van der Waals surface area contributed by atoms with Gasteiger partial charge in [0.05, 0.1) is 28.7 Å². The van der Waals surface area contributed by atoms with E-state index < -0.39 is 28.5 Å². The second kappa shape index (κ2) is 10.9. The van der Waals surface area contributed by atoms with E-state index in [-0.39, 0.29) is 54.1 Å². The lowest BCUT2D eigenvalue weighted by molar-refractivity contribution is -0.124. The lowest BCUT2D eigenvalue weighted by Gasteiger charge is -2.26. The van der Waals surface area contributed by atoms with Crippen molar-refractivity contribution < 1.29 is 31.9 Å². The molecular weight excluding hydrogens is 463 g/mol. The quantitative estimate of drug-likeness (QED) is 0.575. The monoisotopic (exact) mass is 484 g/mol. The number of benzene rings is 2. The summed E-state index contributed by atoms with van der Waals surface area (Å²) in [5.74, 6) is -1.79. The molecule has 1 fully saturated rings. The fourth-order valence-electron chi connectivity index (χ4n) is 3.01. The van der Waals surface area contributed by atoms with Gasteiger partial charge in [0.1, 0.15) is 5.82 Å². The maximum Gasteiger partial charge on any atom is 0.340 e. The van der Waals surface area contributed by atoms with Gasteiger partial charge in [-0.2, -0.15) is 4.31 Å². The third-order valence-electron chi connectivity index (χ3n) is 4.75.